The van der Waals surface area contributed by atoms with Crippen molar-refractivity contribution in [2.75, 3.05) is 19.6 Å². The molecule has 1 saturated heterocycles. The van der Waals surface area contributed by atoms with Gasteiger partial charge in [-0.15, -0.1) is 0 Å². The molecule has 0 unspecified atom stereocenters. The van der Waals surface area contributed by atoms with Crippen LogP contribution in [-0.4, -0.2) is 36.3 Å². The Hall–Kier alpha value is -1.57. The van der Waals surface area contributed by atoms with E-state index in [4.69, 9.17) is 5.26 Å². The Morgan fingerprint density at radius 3 is 2.39 bits per heavy atom. The lowest BCUT2D eigenvalue weighted by molar-refractivity contribution is -0.131. The van der Waals surface area contributed by atoms with E-state index in [-0.39, 0.29) is 18.2 Å². The zero-order chi connectivity index (χ0) is 16.5. The molecular formula is C18H29N3O2. The molecule has 128 valence electrons. The molecule has 2 amide bonds. The minimum Gasteiger partial charge on any atom is -0.356 e. The van der Waals surface area contributed by atoms with Gasteiger partial charge in [0.2, 0.25) is 11.8 Å². The summed E-state index contributed by atoms with van der Waals surface area (Å²) in [6.07, 6.45) is 10.1. The van der Waals surface area contributed by atoms with Crippen molar-refractivity contribution in [1.29, 1.82) is 5.26 Å². The third-order valence-corrected chi connectivity index (χ3v) is 5.29. The lowest BCUT2D eigenvalue weighted by atomic mass is 9.86. The summed E-state index contributed by atoms with van der Waals surface area (Å²) < 4.78 is 0. The van der Waals surface area contributed by atoms with Crippen molar-refractivity contribution in [1.82, 2.24) is 10.2 Å². The van der Waals surface area contributed by atoms with Crippen LogP contribution < -0.4 is 5.32 Å². The smallest absolute Gasteiger partial charge is 0.236 e. The van der Waals surface area contributed by atoms with Gasteiger partial charge in [-0.1, -0.05) is 32.1 Å². The van der Waals surface area contributed by atoms with E-state index in [1.165, 1.54) is 32.1 Å². The van der Waals surface area contributed by atoms with Crippen LogP contribution in [-0.2, 0) is 9.59 Å². The molecule has 2 rings (SSSR count). The van der Waals surface area contributed by atoms with Crippen molar-refractivity contribution in [2.45, 2.75) is 64.2 Å². The summed E-state index contributed by atoms with van der Waals surface area (Å²) in [7, 11) is 0. The minimum atomic E-state index is -0.0672. The van der Waals surface area contributed by atoms with Crippen molar-refractivity contribution < 1.29 is 9.59 Å². The van der Waals surface area contributed by atoms with Crippen molar-refractivity contribution in [3.05, 3.63) is 0 Å². The number of likely N-dealkylation sites (tertiary alicyclic amines) is 1. The standard InChI is InChI=1S/C18H29N3O2/c19-11-8-18(23)21-12-9-16(10-13-21)14-20-17(22)7-6-15-4-2-1-3-5-15/h15-16H,1-10,12-14H2,(H,20,22). The first kappa shape index (κ1) is 17.8. The average molecular weight is 319 g/mol. The van der Waals surface area contributed by atoms with E-state index in [1.807, 2.05) is 6.07 Å². The maximum absolute atomic E-state index is 12.0. The van der Waals surface area contributed by atoms with Gasteiger partial charge in [-0.25, -0.2) is 0 Å². The summed E-state index contributed by atoms with van der Waals surface area (Å²) in [5.74, 6) is 1.32. The van der Waals surface area contributed by atoms with Crippen LogP contribution in [0.15, 0.2) is 0 Å². The third-order valence-electron chi connectivity index (χ3n) is 5.29. The van der Waals surface area contributed by atoms with E-state index >= 15 is 0 Å². The molecule has 2 aliphatic rings. The molecule has 5 nitrogen and oxygen atoms in total. The largest absolute Gasteiger partial charge is 0.356 e. The van der Waals surface area contributed by atoms with E-state index in [0.29, 0.717) is 25.4 Å². The number of nitrogens with zero attached hydrogens (tertiary/aromatic N) is 2. The number of nitrogens with one attached hydrogen (secondary N) is 1. The Bertz CT molecular complexity index is 430. The molecule has 0 aromatic rings. The molecule has 0 spiro atoms. The van der Waals surface area contributed by atoms with Crippen molar-refractivity contribution in [3.63, 3.8) is 0 Å². The highest BCUT2D eigenvalue weighted by atomic mass is 16.2. The van der Waals surface area contributed by atoms with Gasteiger partial charge in [0.1, 0.15) is 6.42 Å². The second kappa shape index (κ2) is 9.54. The normalized spacial score (nSPS) is 20.0. The SMILES string of the molecule is N#CCC(=O)N1CCC(CNC(=O)CCC2CCCCC2)CC1. The topological polar surface area (TPSA) is 73.2 Å². The van der Waals surface area contributed by atoms with Gasteiger partial charge >= 0.3 is 0 Å². The highest BCUT2D eigenvalue weighted by Gasteiger charge is 2.23. The van der Waals surface area contributed by atoms with Gasteiger partial charge in [0, 0.05) is 26.1 Å². The Morgan fingerprint density at radius 2 is 1.74 bits per heavy atom. The molecule has 0 bridgehead atoms. The van der Waals surface area contributed by atoms with Gasteiger partial charge in [0.25, 0.3) is 0 Å². The molecule has 5 heteroatoms. The first-order chi connectivity index (χ1) is 11.2. The fraction of sp³-hybridized carbons (Fsp3) is 0.833. The number of nitriles is 1. The molecule has 0 radical (unpaired) electrons. The number of hydrogen-bond acceptors (Lipinski definition) is 3. The van der Waals surface area contributed by atoms with Crippen LogP contribution in [0.25, 0.3) is 0 Å². The predicted molar refractivity (Wildman–Crippen MR) is 88.4 cm³/mol. The lowest BCUT2D eigenvalue weighted by Crippen LogP contribution is -2.41. The number of piperidine rings is 1. The highest BCUT2D eigenvalue weighted by Crippen LogP contribution is 2.27. The maximum atomic E-state index is 12.0. The summed E-state index contributed by atoms with van der Waals surface area (Å²) in [6.45, 7) is 2.15. The van der Waals surface area contributed by atoms with E-state index in [2.05, 4.69) is 5.32 Å². The van der Waals surface area contributed by atoms with Crippen LogP contribution in [0.1, 0.15) is 64.2 Å². The van der Waals surface area contributed by atoms with Crippen molar-refractivity contribution in [2.24, 2.45) is 11.8 Å². The van der Waals surface area contributed by atoms with Crippen LogP contribution >= 0.6 is 0 Å². The monoisotopic (exact) mass is 319 g/mol. The zero-order valence-electron chi connectivity index (χ0n) is 14.1. The van der Waals surface area contributed by atoms with E-state index in [9.17, 15) is 9.59 Å². The zero-order valence-corrected chi connectivity index (χ0v) is 14.1. The summed E-state index contributed by atoms with van der Waals surface area (Å²) in [4.78, 5) is 25.4. The molecule has 0 aromatic heterocycles. The summed E-state index contributed by atoms with van der Waals surface area (Å²) in [5.41, 5.74) is 0. The van der Waals surface area contributed by atoms with Crippen molar-refractivity contribution in [3.8, 4) is 6.07 Å². The van der Waals surface area contributed by atoms with E-state index < -0.39 is 0 Å². The highest BCUT2D eigenvalue weighted by molar-refractivity contribution is 5.78. The van der Waals surface area contributed by atoms with Crippen LogP contribution in [0.2, 0.25) is 0 Å². The molecule has 23 heavy (non-hydrogen) atoms. The summed E-state index contributed by atoms with van der Waals surface area (Å²) in [6, 6.07) is 1.91. The molecule has 0 atom stereocenters. The van der Waals surface area contributed by atoms with Crippen LogP contribution in [0.4, 0.5) is 0 Å². The Labute approximate surface area is 139 Å². The predicted octanol–water partition coefficient (Wildman–Crippen LogP) is 2.62. The van der Waals surface area contributed by atoms with Gasteiger partial charge in [0.05, 0.1) is 6.07 Å². The fourth-order valence-electron chi connectivity index (χ4n) is 3.72. The van der Waals surface area contributed by atoms with Gasteiger partial charge in [0.15, 0.2) is 0 Å². The number of carbonyl (C=O) groups excluding carboxylic acids is 2. The Morgan fingerprint density at radius 1 is 1.04 bits per heavy atom. The van der Waals surface area contributed by atoms with Crippen LogP contribution in [0.3, 0.4) is 0 Å². The average Bonchev–Trinajstić information content (AvgIpc) is 2.59. The second-order valence-electron chi connectivity index (χ2n) is 7.01. The molecule has 1 heterocycles. The summed E-state index contributed by atoms with van der Waals surface area (Å²) >= 11 is 0. The number of amides is 2. The maximum Gasteiger partial charge on any atom is 0.236 e. The Kier molecular flexibility index (Phi) is 7.38. The number of rotatable bonds is 6. The number of hydrogen-bond donors (Lipinski definition) is 1. The Balaban J connectivity index is 1.56. The van der Waals surface area contributed by atoms with Gasteiger partial charge in [-0.2, -0.15) is 5.26 Å². The molecule has 1 N–H and O–H groups in total. The summed E-state index contributed by atoms with van der Waals surface area (Å²) in [5, 5.41) is 11.6. The molecule has 0 aromatic carbocycles. The van der Waals surface area contributed by atoms with E-state index in [1.54, 1.807) is 4.90 Å². The van der Waals surface area contributed by atoms with Gasteiger partial charge in [-0.05, 0) is 31.1 Å². The number of carbonyl (C=O) groups is 2. The van der Waals surface area contributed by atoms with Crippen LogP contribution in [0.5, 0.6) is 0 Å². The van der Waals surface area contributed by atoms with Gasteiger partial charge < -0.3 is 10.2 Å². The fourth-order valence-corrected chi connectivity index (χ4v) is 3.72. The molecule has 1 aliphatic heterocycles. The minimum absolute atomic E-state index is 0.0252. The van der Waals surface area contributed by atoms with Gasteiger partial charge in [-0.3, -0.25) is 9.59 Å². The lowest BCUT2D eigenvalue weighted by Gasteiger charge is -2.31. The first-order valence-corrected chi connectivity index (χ1v) is 9.10. The van der Waals surface area contributed by atoms with Crippen LogP contribution in [0, 0.1) is 23.2 Å². The quantitative estimate of drug-likeness (QED) is 0.818. The third kappa shape index (κ3) is 6.21. The van der Waals surface area contributed by atoms with E-state index in [0.717, 1.165) is 31.7 Å². The second-order valence-corrected chi connectivity index (χ2v) is 7.01. The van der Waals surface area contributed by atoms with Crippen molar-refractivity contribution >= 4 is 11.8 Å². The molecule has 1 aliphatic carbocycles. The molecular weight excluding hydrogens is 290 g/mol. The molecule has 2 fully saturated rings. The first-order valence-electron chi connectivity index (χ1n) is 9.10. The molecule has 1 saturated carbocycles.